The van der Waals surface area contributed by atoms with Crippen LogP contribution in [0.2, 0.25) is 0 Å². The van der Waals surface area contributed by atoms with E-state index in [9.17, 15) is 14.9 Å². The Labute approximate surface area is 135 Å². The minimum Gasteiger partial charge on any atom is -0.317 e. The number of hydrogen-bond acceptors (Lipinski definition) is 4. The summed E-state index contributed by atoms with van der Waals surface area (Å²) in [5, 5.41) is 13.8. The van der Waals surface area contributed by atoms with Crippen molar-refractivity contribution >= 4 is 11.5 Å². The number of rotatable bonds is 3. The number of non-ortho nitro benzene ring substituents is 1. The van der Waals surface area contributed by atoms with Crippen LogP contribution in [-0.2, 0) is 0 Å². The van der Waals surface area contributed by atoms with Crippen LogP contribution in [0.25, 0.3) is 0 Å². The van der Waals surface area contributed by atoms with Gasteiger partial charge < -0.3 is 5.32 Å². The number of nitro benzene ring substituents is 1. The molecule has 0 radical (unpaired) electrons. The third-order valence-corrected chi connectivity index (χ3v) is 3.58. The highest BCUT2D eigenvalue weighted by atomic mass is 16.6. The fourth-order valence-corrected chi connectivity index (χ4v) is 2.29. The van der Waals surface area contributed by atoms with Gasteiger partial charge in [0.2, 0.25) is 0 Å². The predicted molar refractivity (Wildman–Crippen MR) is 89.7 cm³/mol. The third kappa shape index (κ3) is 5.30. The summed E-state index contributed by atoms with van der Waals surface area (Å²) < 4.78 is 0. The number of nitro groups is 1. The second-order valence-corrected chi connectivity index (χ2v) is 5.31. The normalized spacial score (nSPS) is 13.6. The average Bonchev–Trinajstić information content (AvgIpc) is 2.64. The van der Waals surface area contributed by atoms with Crippen molar-refractivity contribution in [3.63, 3.8) is 0 Å². The predicted octanol–water partition coefficient (Wildman–Crippen LogP) is 3.59. The van der Waals surface area contributed by atoms with Gasteiger partial charge in [-0.2, -0.15) is 0 Å². The maximum atomic E-state index is 12.0. The molecule has 1 N–H and O–H groups in total. The molecule has 1 aliphatic rings. The van der Waals surface area contributed by atoms with Gasteiger partial charge in [0.25, 0.3) is 5.69 Å². The first kappa shape index (κ1) is 16.8. The first-order chi connectivity index (χ1) is 11.2. The zero-order chi connectivity index (χ0) is 16.5. The van der Waals surface area contributed by atoms with E-state index in [1.54, 1.807) is 24.3 Å². The highest BCUT2D eigenvalue weighted by Gasteiger charge is 2.10. The van der Waals surface area contributed by atoms with Crippen LogP contribution in [0.4, 0.5) is 5.69 Å². The van der Waals surface area contributed by atoms with E-state index in [1.165, 1.54) is 56.6 Å². The molecule has 0 aromatic heterocycles. The Hall–Kier alpha value is -2.53. The van der Waals surface area contributed by atoms with Gasteiger partial charge in [-0.15, -0.1) is 0 Å². The Bertz CT molecular complexity index is 624. The van der Waals surface area contributed by atoms with Gasteiger partial charge in [0.1, 0.15) is 0 Å². The lowest BCUT2D eigenvalue weighted by Crippen LogP contribution is -2.21. The number of nitrogens with zero attached hydrogens (tertiary/aromatic N) is 1. The lowest BCUT2D eigenvalue weighted by molar-refractivity contribution is -0.384. The molecule has 120 valence electrons. The lowest BCUT2D eigenvalue weighted by Gasteiger charge is -2.08. The third-order valence-electron chi connectivity index (χ3n) is 3.58. The minimum absolute atomic E-state index is 0.0189. The molecule has 1 aliphatic heterocycles. The van der Waals surface area contributed by atoms with Gasteiger partial charge in [-0.3, -0.25) is 14.9 Å². The van der Waals surface area contributed by atoms with E-state index in [0.29, 0.717) is 11.1 Å². The number of nitrogens with one attached hydrogen (secondary N) is 1. The van der Waals surface area contributed by atoms with Crippen molar-refractivity contribution in [2.75, 3.05) is 13.1 Å². The Morgan fingerprint density at radius 2 is 1.43 bits per heavy atom. The van der Waals surface area contributed by atoms with Crippen molar-refractivity contribution < 1.29 is 9.72 Å². The smallest absolute Gasteiger partial charge is 0.269 e. The van der Waals surface area contributed by atoms with E-state index in [4.69, 9.17) is 0 Å². The molecule has 0 bridgehead atoms. The summed E-state index contributed by atoms with van der Waals surface area (Å²) in [4.78, 5) is 21.9. The maximum absolute atomic E-state index is 12.0. The van der Waals surface area contributed by atoms with Crippen molar-refractivity contribution in [1.82, 2.24) is 5.32 Å². The van der Waals surface area contributed by atoms with Crippen LogP contribution in [0, 0.1) is 10.1 Å². The molecule has 5 nitrogen and oxygen atoms in total. The van der Waals surface area contributed by atoms with Crippen molar-refractivity contribution in [2.24, 2.45) is 0 Å². The molecule has 2 aromatic rings. The van der Waals surface area contributed by atoms with E-state index in [2.05, 4.69) is 5.32 Å². The largest absolute Gasteiger partial charge is 0.317 e. The fourth-order valence-electron chi connectivity index (χ4n) is 2.29. The number of benzene rings is 2. The van der Waals surface area contributed by atoms with Crippen LogP contribution in [0.15, 0.2) is 54.6 Å². The van der Waals surface area contributed by atoms with Crippen LogP contribution in [0.1, 0.15) is 35.2 Å². The van der Waals surface area contributed by atoms with Gasteiger partial charge in [0.05, 0.1) is 4.92 Å². The fraction of sp³-hybridized carbons (Fsp3) is 0.278. The molecule has 0 spiro atoms. The van der Waals surface area contributed by atoms with Gasteiger partial charge in [-0.1, -0.05) is 36.8 Å². The molecule has 1 saturated heterocycles. The topological polar surface area (TPSA) is 72.2 Å². The molecule has 0 saturated carbocycles. The Balaban J connectivity index is 0.000000268. The number of ketones is 1. The van der Waals surface area contributed by atoms with E-state index in [1.807, 2.05) is 6.07 Å². The maximum Gasteiger partial charge on any atom is 0.269 e. The molecule has 23 heavy (non-hydrogen) atoms. The summed E-state index contributed by atoms with van der Waals surface area (Å²) in [5.41, 5.74) is 0.998. The van der Waals surface area contributed by atoms with Gasteiger partial charge in [-0.25, -0.2) is 0 Å². The molecule has 2 aromatic carbocycles. The van der Waals surface area contributed by atoms with Crippen molar-refractivity contribution in [2.45, 2.75) is 19.3 Å². The molecule has 1 fully saturated rings. The van der Waals surface area contributed by atoms with E-state index in [-0.39, 0.29) is 11.5 Å². The summed E-state index contributed by atoms with van der Waals surface area (Å²) in [7, 11) is 0. The highest BCUT2D eigenvalue weighted by Crippen LogP contribution is 2.15. The van der Waals surface area contributed by atoms with Gasteiger partial charge in [0.15, 0.2) is 5.78 Å². The number of carbonyl (C=O) groups is 1. The quantitative estimate of drug-likeness (QED) is 0.534. The molecular formula is C18H20N2O3. The van der Waals surface area contributed by atoms with Crippen LogP contribution < -0.4 is 5.32 Å². The Kier molecular flexibility index (Phi) is 6.44. The monoisotopic (exact) mass is 312 g/mol. The van der Waals surface area contributed by atoms with Gasteiger partial charge >= 0.3 is 0 Å². The van der Waals surface area contributed by atoms with Crippen molar-refractivity contribution in [3.8, 4) is 0 Å². The van der Waals surface area contributed by atoms with Gasteiger partial charge in [0, 0.05) is 23.3 Å². The second kappa shape index (κ2) is 8.80. The molecule has 0 atom stereocenters. The first-order valence-electron chi connectivity index (χ1n) is 7.73. The number of carbonyl (C=O) groups excluding carboxylic acids is 1. The Morgan fingerprint density at radius 3 is 1.87 bits per heavy atom. The molecule has 0 aliphatic carbocycles. The standard InChI is InChI=1S/C13H9NO3.C5H11N/c15-13(10-4-2-1-3-5-10)11-6-8-12(9-7-11)14(16)17;1-2-4-6-5-3-1/h1-9H;6H,1-5H2. The second-order valence-electron chi connectivity index (χ2n) is 5.31. The molecular weight excluding hydrogens is 292 g/mol. The van der Waals surface area contributed by atoms with Crippen LogP contribution in [-0.4, -0.2) is 23.8 Å². The van der Waals surface area contributed by atoms with E-state index in [0.717, 1.165) is 0 Å². The molecule has 0 amide bonds. The lowest BCUT2D eigenvalue weighted by atomic mass is 10.0. The average molecular weight is 312 g/mol. The van der Waals surface area contributed by atoms with Crippen LogP contribution in [0.5, 0.6) is 0 Å². The van der Waals surface area contributed by atoms with Gasteiger partial charge in [-0.05, 0) is 38.1 Å². The van der Waals surface area contributed by atoms with E-state index >= 15 is 0 Å². The minimum atomic E-state index is -0.489. The Morgan fingerprint density at radius 1 is 0.870 bits per heavy atom. The first-order valence-corrected chi connectivity index (χ1v) is 7.73. The summed E-state index contributed by atoms with van der Waals surface area (Å²) in [6.07, 6.45) is 4.22. The van der Waals surface area contributed by atoms with Crippen LogP contribution >= 0.6 is 0 Å². The molecule has 3 rings (SSSR count). The summed E-state index contributed by atoms with van der Waals surface area (Å²) in [6.45, 7) is 2.50. The summed E-state index contributed by atoms with van der Waals surface area (Å²) in [5.74, 6) is -0.138. The molecule has 5 heteroatoms. The van der Waals surface area contributed by atoms with Crippen LogP contribution in [0.3, 0.4) is 0 Å². The van der Waals surface area contributed by atoms with E-state index < -0.39 is 4.92 Å². The number of hydrogen-bond donors (Lipinski definition) is 1. The van der Waals surface area contributed by atoms with Crippen molar-refractivity contribution in [1.29, 1.82) is 0 Å². The molecule has 1 heterocycles. The zero-order valence-electron chi connectivity index (χ0n) is 12.9. The highest BCUT2D eigenvalue weighted by molar-refractivity contribution is 6.09. The molecule has 0 unspecified atom stereocenters. The summed E-state index contributed by atoms with van der Waals surface area (Å²) in [6, 6.07) is 14.4. The zero-order valence-corrected chi connectivity index (χ0v) is 12.9. The summed E-state index contributed by atoms with van der Waals surface area (Å²) >= 11 is 0. The van der Waals surface area contributed by atoms with Crippen molar-refractivity contribution in [3.05, 3.63) is 75.8 Å². The number of piperidine rings is 1. The SMILES string of the molecule is C1CCNCC1.O=C(c1ccccc1)c1ccc([N+](=O)[O-])cc1.